The van der Waals surface area contributed by atoms with Gasteiger partial charge in [-0.25, -0.2) is 0 Å². The number of halogens is 1. The molecule has 7 heteroatoms. The molecule has 0 aliphatic heterocycles. The van der Waals surface area contributed by atoms with E-state index in [-0.39, 0.29) is 18.7 Å². The van der Waals surface area contributed by atoms with Crippen molar-refractivity contribution in [2.24, 2.45) is 5.73 Å². The van der Waals surface area contributed by atoms with E-state index in [2.05, 4.69) is 15.9 Å². The third-order valence-corrected chi connectivity index (χ3v) is 3.05. The molecule has 0 spiro atoms. The number of carbonyl (C=O) groups is 1. The number of esters is 1. The zero-order valence-electron chi connectivity index (χ0n) is 9.76. The van der Waals surface area contributed by atoms with E-state index in [0.717, 1.165) is 0 Å². The maximum Gasteiger partial charge on any atom is 0.323 e. The lowest BCUT2D eigenvalue weighted by atomic mass is 10.0. The normalized spacial score (nSPS) is 11.9. The van der Waals surface area contributed by atoms with Gasteiger partial charge in [0.25, 0.3) is 5.69 Å². The van der Waals surface area contributed by atoms with E-state index in [1.807, 2.05) is 0 Å². The summed E-state index contributed by atoms with van der Waals surface area (Å²) in [6.45, 7) is 1.90. The predicted molar refractivity (Wildman–Crippen MR) is 69.1 cm³/mol. The third kappa shape index (κ3) is 3.51. The number of carbonyl (C=O) groups excluding carboxylic acids is 1. The van der Waals surface area contributed by atoms with Gasteiger partial charge in [0.1, 0.15) is 6.04 Å². The monoisotopic (exact) mass is 316 g/mol. The maximum atomic E-state index is 11.4. The van der Waals surface area contributed by atoms with E-state index in [1.165, 1.54) is 6.07 Å². The molecule has 0 saturated carbocycles. The lowest BCUT2D eigenvalue weighted by molar-refractivity contribution is -0.385. The molecule has 1 aromatic carbocycles. The molecule has 6 nitrogen and oxygen atoms in total. The molecule has 0 saturated heterocycles. The number of hydrogen-bond acceptors (Lipinski definition) is 5. The van der Waals surface area contributed by atoms with Crippen LogP contribution in [0.15, 0.2) is 22.7 Å². The van der Waals surface area contributed by atoms with Crippen molar-refractivity contribution in [3.8, 4) is 0 Å². The molecular weight excluding hydrogens is 304 g/mol. The van der Waals surface area contributed by atoms with Gasteiger partial charge in [0.15, 0.2) is 0 Å². The number of ether oxygens (including phenoxy) is 1. The first-order valence-corrected chi connectivity index (χ1v) is 6.10. The summed E-state index contributed by atoms with van der Waals surface area (Å²) in [5.74, 6) is -0.567. The molecule has 1 rings (SSSR count). The number of nitrogens with zero attached hydrogens (tertiary/aromatic N) is 1. The molecule has 0 amide bonds. The van der Waals surface area contributed by atoms with Crippen LogP contribution in [-0.4, -0.2) is 23.5 Å². The van der Waals surface area contributed by atoms with Crippen LogP contribution in [0.25, 0.3) is 0 Å². The summed E-state index contributed by atoms with van der Waals surface area (Å²) in [6.07, 6.45) is 0.0522. The number of nitro benzene ring substituents is 1. The molecule has 0 radical (unpaired) electrons. The highest BCUT2D eigenvalue weighted by molar-refractivity contribution is 9.10. The Bertz CT molecular complexity index is 464. The molecule has 0 fully saturated rings. The highest BCUT2D eigenvalue weighted by Crippen LogP contribution is 2.27. The van der Waals surface area contributed by atoms with Crippen molar-refractivity contribution in [1.29, 1.82) is 0 Å². The molecule has 0 aromatic heterocycles. The van der Waals surface area contributed by atoms with Crippen LogP contribution < -0.4 is 5.73 Å². The Labute approximate surface area is 112 Å². The predicted octanol–water partition coefficient (Wildman–Crippen LogP) is 1.79. The zero-order valence-corrected chi connectivity index (χ0v) is 11.3. The van der Waals surface area contributed by atoms with E-state index in [4.69, 9.17) is 10.5 Å². The number of hydrogen-bond donors (Lipinski definition) is 1. The Hall–Kier alpha value is -1.47. The molecule has 0 aliphatic carbocycles. The minimum absolute atomic E-state index is 0.0522. The van der Waals surface area contributed by atoms with Crippen LogP contribution in [0.4, 0.5) is 5.69 Å². The minimum atomic E-state index is -0.914. The van der Waals surface area contributed by atoms with Gasteiger partial charge in [0, 0.05) is 22.5 Å². The first kappa shape index (κ1) is 14.6. The molecule has 0 bridgehead atoms. The fourth-order valence-electron chi connectivity index (χ4n) is 1.47. The molecular formula is C11H13BrN2O4. The molecule has 1 aromatic rings. The summed E-state index contributed by atoms with van der Waals surface area (Å²) in [5.41, 5.74) is 5.98. The summed E-state index contributed by atoms with van der Waals surface area (Å²) in [7, 11) is 0. The Kier molecular flexibility index (Phi) is 5.24. The Balaban J connectivity index is 2.96. The first-order valence-electron chi connectivity index (χ1n) is 5.31. The number of rotatable bonds is 5. The average molecular weight is 317 g/mol. The summed E-state index contributed by atoms with van der Waals surface area (Å²) >= 11 is 3.22. The van der Waals surface area contributed by atoms with Crippen molar-refractivity contribution in [2.75, 3.05) is 6.61 Å². The molecule has 0 aliphatic rings. The van der Waals surface area contributed by atoms with Crippen molar-refractivity contribution in [3.63, 3.8) is 0 Å². The highest BCUT2D eigenvalue weighted by atomic mass is 79.9. The van der Waals surface area contributed by atoms with Gasteiger partial charge in [-0.15, -0.1) is 0 Å². The van der Waals surface area contributed by atoms with E-state index in [9.17, 15) is 14.9 Å². The Morgan fingerprint density at radius 1 is 1.61 bits per heavy atom. The largest absolute Gasteiger partial charge is 0.465 e. The van der Waals surface area contributed by atoms with Gasteiger partial charge < -0.3 is 10.5 Å². The van der Waals surface area contributed by atoms with Crippen molar-refractivity contribution in [2.45, 2.75) is 19.4 Å². The van der Waals surface area contributed by atoms with Crippen LogP contribution in [0, 0.1) is 10.1 Å². The quantitative estimate of drug-likeness (QED) is 0.507. The maximum absolute atomic E-state index is 11.4. The molecule has 98 valence electrons. The standard InChI is InChI=1S/C11H13BrN2O4/c1-2-18-11(15)9(13)6-7-8(12)4-3-5-10(7)14(16)17/h3-5,9H,2,6,13H2,1H3. The second-order valence-electron chi connectivity index (χ2n) is 3.56. The van der Waals surface area contributed by atoms with Gasteiger partial charge in [-0.1, -0.05) is 22.0 Å². The fourth-order valence-corrected chi connectivity index (χ4v) is 1.99. The van der Waals surface area contributed by atoms with Crippen molar-refractivity contribution in [3.05, 3.63) is 38.3 Å². The average Bonchev–Trinajstić information content (AvgIpc) is 2.31. The van der Waals surface area contributed by atoms with Gasteiger partial charge in [0.05, 0.1) is 11.5 Å². The minimum Gasteiger partial charge on any atom is -0.465 e. The fraction of sp³-hybridized carbons (Fsp3) is 0.364. The van der Waals surface area contributed by atoms with E-state index < -0.39 is 16.9 Å². The summed E-state index contributed by atoms with van der Waals surface area (Å²) < 4.78 is 5.32. The van der Waals surface area contributed by atoms with Gasteiger partial charge in [-0.05, 0) is 13.0 Å². The zero-order chi connectivity index (χ0) is 13.7. The highest BCUT2D eigenvalue weighted by Gasteiger charge is 2.23. The first-order chi connectivity index (χ1) is 8.47. The lowest BCUT2D eigenvalue weighted by Crippen LogP contribution is -2.34. The van der Waals surface area contributed by atoms with Crippen LogP contribution in [0.3, 0.4) is 0 Å². The third-order valence-electron chi connectivity index (χ3n) is 2.30. The van der Waals surface area contributed by atoms with Crippen molar-refractivity contribution in [1.82, 2.24) is 0 Å². The summed E-state index contributed by atoms with van der Waals surface area (Å²) in [4.78, 5) is 21.8. The van der Waals surface area contributed by atoms with Crippen LogP contribution >= 0.6 is 15.9 Å². The second kappa shape index (κ2) is 6.46. The Morgan fingerprint density at radius 2 is 2.28 bits per heavy atom. The van der Waals surface area contributed by atoms with Gasteiger partial charge in [-0.3, -0.25) is 14.9 Å². The second-order valence-corrected chi connectivity index (χ2v) is 4.41. The van der Waals surface area contributed by atoms with E-state index >= 15 is 0 Å². The van der Waals surface area contributed by atoms with Gasteiger partial charge >= 0.3 is 5.97 Å². The number of nitrogens with two attached hydrogens (primary N) is 1. The van der Waals surface area contributed by atoms with Crippen LogP contribution in [0.1, 0.15) is 12.5 Å². The summed E-state index contributed by atoms with van der Waals surface area (Å²) in [6, 6.07) is 3.68. The topological polar surface area (TPSA) is 95.5 Å². The van der Waals surface area contributed by atoms with Crippen LogP contribution in [0.5, 0.6) is 0 Å². The van der Waals surface area contributed by atoms with Crippen LogP contribution in [0.2, 0.25) is 0 Å². The lowest BCUT2D eigenvalue weighted by Gasteiger charge is -2.11. The molecule has 1 atom stereocenters. The van der Waals surface area contributed by atoms with E-state index in [0.29, 0.717) is 10.0 Å². The smallest absolute Gasteiger partial charge is 0.323 e. The number of nitro groups is 1. The van der Waals surface area contributed by atoms with Gasteiger partial charge in [-0.2, -0.15) is 0 Å². The SMILES string of the molecule is CCOC(=O)C(N)Cc1c(Br)cccc1[N+](=O)[O-]. The molecule has 1 unspecified atom stereocenters. The van der Waals surface area contributed by atoms with Crippen LogP contribution in [-0.2, 0) is 16.0 Å². The Morgan fingerprint density at radius 3 is 2.83 bits per heavy atom. The molecule has 0 heterocycles. The number of benzene rings is 1. The van der Waals surface area contributed by atoms with Crippen molar-refractivity contribution >= 4 is 27.6 Å². The summed E-state index contributed by atoms with van der Waals surface area (Å²) in [5, 5.41) is 10.9. The van der Waals surface area contributed by atoms with E-state index in [1.54, 1.807) is 19.1 Å². The molecule has 2 N–H and O–H groups in total. The van der Waals surface area contributed by atoms with Gasteiger partial charge in [0.2, 0.25) is 0 Å². The van der Waals surface area contributed by atoms with Crippen molar-refractivity contribution < 1.29 is 14.5 Å². The molecule has 18 heavy (non-hydrogen) atoms.